The molecule has 14 heavy (non-hydrogen) atoms. The summed E-state index contributed by atoms with van der Waals surface area (Å²) in [6.07, 6.45) is 0. The number of carbonyl (C=O) groups excluding carboxylic acids is 1. The van der Waals surface area contributed by atoms with E-state index >= 15 is 0 Å². The molecule has 3 nitrogen and oxygen atoms in total. The minimum atomic E-state index is -0.291. The molecule has 0 radical (unpaired) electrons. The molecule has 1 aromatic heterocycles. The van der Waals surface area contributed by atoms with Gasteiger partial charge in [-0.05, 0) is 19.1 Å². The molecule has 0 spiro atoms. The highest BCUT2D eigenvalue weighted by Crippen LogP contribution is 2.21. The smallest absolute Gasteiger partial charge is 0.322 e. The van der Waals surface area contributed by atoms with Gasteiger partial charge in [0.2, 0.25) is 0 Å². The van der Waals surface area contributed by atoms with Crippen LogP contribution in [0.3, 0.4) is 0 Å². The molecule has 0 fully saturated rings. The zero-order chi connectivity index (χ0) is 10.6. The van der Waals surface area contributed by atoms with Crippen molar-refractivity contribution in [1.29, 1.82) is 0 Å². The Hall–Kier alpha value is -0.580. The number of ether oxygens (including phenoxy) is 1. The number of esters is 1. The summed E-state index contributed by atoms with van der Waals surface area (Å²) in [5.74, 6) is -0.257. The Bertz CT molecular complexity index is 314. The van der Waals surface area contributed by atoms with Crippen LogP contribution in [-0.4, -0.2) is 19.1 Å². The first-order valence-corrected chi connectivity index (χ1v) is 5.38. The van der Waals surface area contributed by atoms with Gasteiger partial charge in [-0.2, -0.15) is 0 Å². The van der Waals surface area contributed by atoms with Gasteiger partial charge in [-0.15, -0.1) is 11.3 Å². The van der Waals surface area contributed by atoms with Gasteiger partial charge in [0, 0.05) is 11.4 Å². The molecule has 5 heteroatoms. The number of thiophene rings is 1. The maximum atomic E-state index is 11.0. The molecular weight excluding hydrogens is 222 g/mol. The lowest BCUT2D eigenvalue weighted by molar-refractivity contribution is -0.142. The van der Waals surface area contributed by atoms with E-state index in [2.05, 4.69) is 10.1 Å². The summed E-state index contributed by atoms with van der Waals surface area (Å²) < 4.78 is 5.34. The third-order valence-electron chi connectivity index (χ3n) is 1.77. The van der Waals surface area contributed by atoms with Crippen LogP contribution >= 0.6 is 22.9 Å². The molecule has 0 aliphatic heterocycles. The molecule has 1 atom stereocenters. The van der Waals surface area contributed by atoms with E-state index in [1.54, 1.807) is 6.92 Å². The van der Waals surface area contributed by atoms with E-state index in [0.29, 0.717) is 6.54 Å². The number of methoxy groups -OCH3 is 1. The van der Waals surface area contributed by atoms with Crippen LogP contribution in [0.25, 0.3) is 0 Å². The van der Waals surface area contributed by atoms with Gasteiger partial charge >= 0.3 is 5.97 Å². The lowest BCUT2D eigenvalue weighted by atomic mass is 10.3. The Morgan fingerprint density at radius 3 is 2.93 bits per heavy atom. The maximum absolute atomic E-state index is 11.0. The van der Waals surface area contributed by atoms with Gasteiger partial charge in [-0.1, -0.05) is 11.6 Å². The summed E-state index contributed by atoms with van der Waals surface area (Å²) in [6.45, 7) is 2.40. The van der Waals surface area contributed by atoms with Crippen molar-refractivity contribution in [2.45, 2.75) is 19.5 Å². The van der Waals surface area contributed by atoms with E-state index < -0.39 is 0 Å². The van der Waals surface area contributed by atoms with E-state index in [1.165, 1.54) is 18.4 Å². The predicted molar refractivity (Wildman–Crippen MR) is 57.6 cm³/mol. The molecule has 0 amide bonds. The van der Waals surface area contributed by atoms with E-state index in [1.807, 2.05) is 12.1 Å². The quantitative estimate of drug-likeness (QED) is 0.809. The molecule has 0 aliphatic rings. The second kappa shape index (κ2) is 5.34. The van der Waals surface area contributed by atoms with Gasteiger partial charge < -0.3 is 4.74 Å². The monoisotopic (exact) mass is 233 g/mol. The Balaban J connectivity index is 2.37. The lowest BCUT2D eigenvalue weighted by Gasteiger charge is -2.09. The van der Waals surface area contributed by atoms with Crippen molar-refractivity contribution < 1.29 is 9.53 Å². The highest BCUT2D eigenvalue weighted by Gasteiger charge is 2.11. The van der Waals surface area contributed by atoms with Gasteiger partial charge in [0.25, 0.3) is 0 Å². The first-order valence-electron chi connectivity index (χ1n) is 4.19. The maximum Gasteiger partial charge on any atom is 0.322 e. The summed E-state index contributed by atoms with van der Waals surface area (Å²) in [4.78, 5) is 12.1. The van der Waals surface area contributed by atoms with Crippen molar-refractivity contribution in [3.05, 3.63) is 21.3 Å². The Morgan fingerprint density at radius 1 is 1.71 bits per heavy atom. The average molecular weight is 234 g/mol. The fourth-order valence-corrected chi connectivity index (χ4v) is 2.00. The van der Waals surface area contributed by atoms with Crippen LogP contribution in [-0.2, 0) is 16.1 Å². The number of hydrogen-bond donors (Lipinski definition) is 1. The topological polar surface area (TPSA) is 38.3 Å². The molecule has 0 saturated heterocycles. The molecule has 1 rings (SSSR count). The molecule has 0 aliphatic carbocycles. The predicted octanol–water partition coefficient (Wildman–Crippen LogP) is 2.05. The van der Waals surface area contributed by atoms with Gasteiger partial charge in [-0.3, -0.25) is 10.1 Å². The number of halogens is 1. The second-order valence-corrected chi connectivity index (χ2v) is 4.63. The van der Waals surface area contributed by atoms with E-state index in [0.717, 1.165) is 9.21 Å². The van der Waals surface area contributed by atoms with Crippen molar-refractivity contribution in [2.24, 2.45) is 0 Å². The number of hydrogen-bond acceptors (Lipinski definition) is 4. The molecule has 0 aromatic carbocycles. The Morgan fingerprint density at radius 2 is 2.43 bits per heavy atom. The summed E-state index contributed by atoms with van der Waals surface area (Å²) in [7, 11) is 1.38. The minimum Gasteiger partial charge on any atom is -0.468 e. The van der Waals surface area contributed by atoms with E-state index in [4.69, 9.17) is 11.6 Å². The highest BCUT2D eigenvalue weighted by atomic mass is 35.5. The van der Waals surface area contributed by atoms with Crippen LogP contribution in [0.4, 0.5) is 0 Å². The van der Waals surface area contributed by atoms with Crippen molar-refractivity contribution in [1.82, 2.24) is 5.32 Å². The Labute approximate surface area is 92.0 Å². The average Bonchev–Trinajstić information content (AvgIpc) is 2.59. The third kappa shape index (κ3) is 3.29. The van der Waals surface area contributed by atoms with E-state index in [9.17, 15) is 4.79 Å². The van der Waals surface area contributed by atoms with Crippen LogP contribution < -0.4 is 5.32 Å². The van der Waals surface area contributed by atoms with Crippen LogP contribution in [0.1, 0.15) is 11.8 Å². The highest BCUT2D eigenvalue weighted by molar-refractivity contribution is 7.16. The molecule has 1 aromatic rings. The fourth-order valence-electron chi connectivity index (χ4n) is 0.961. The van der Waals surface area contributed by atoms with Crippen LogP contribution in [0.5, 0.6) is 0 Å². The zero-order valence-electron chi connectivity index (χ0n) is 8.04. The number of rotatable bonds is 4. The lowest BCUT2D eigenvalue weighted by Crippen LogP contribution is -2.34. The summed E-state index contributed by atoms with van der Waals surface area (Å²) in [5.41, 5.74) is 0. The fraction of sp³-hybridized carbons (Fsp3) is 0.444. The molecule has 0 unspecified atom stereocenters. The van der Waals surface area contributed by atoms with Crippen molar-refractivity contribution in [2.75, 3.05) is 7.11 Å². The molecular formula is C9H12ClNO2S. The van der Waals surface area contributed by atoms with Crippen LogP contribution in [0.15, 0.2) is 12.1 Å². The second-order valence-electron chi connectivity index (χ2n) is 2.83. The minimum absolute atomic E-state index is 0.257. The van der Waals surface area contributed by atoms with Crippen LogP contribution in [0, 0.1) is 0 Å². The van der Waals surface area contributed by atoms with Gasteiger partial charge in [-0.25, -0.2) is 0 Å². The largest absolute Gasteiger partial charge is 0.468 e. The first kappa shape index (κ1) is 11.5. The molecule has 0 saturated carbocycles. The van der Waals surface area contributed by atoms with Gasteiger partial charge in [0.1, 0.15) is 6.04 Å². The Kier molecular flexibility index (Phi) is 4.38. The van der Waals surface area contributed by atoms with Gasteiger partial charge in [0.15, 0.2) is 0 Å². The zero-order valence-corrected chi connectivity index (χ0v) is 9.61. The third-order valence-corrected chi connectivity index (χ3v) is 3.00. The van der Waals surface area contributed by atoms with E-state index in [-0.39, 0.29) is 12.0 Å². The van der Waals surface area contributed by atoms with Crippen molar-refractivity contribution in [3.63, 3.8) is 0 Å². The number of nitrogens with one attached hydrogen (secondary N) is 1. The summed E-state index contributed by atoms with van der Waals surface area (Å²) in [6, 6.07) is 3.48. The molecule has 1 heterocycles. The van der Waals surface area contributed by atoms with Gasteiger partial charge in [0.05, 0.1) is 11.4 Å². The molecule has 78 valence electrons. The molecule has 1 N–H and O–H groups in total. The summed E-state index contributed by atoms with van der Waals surface area (Å²) in [5, 5.41) is 3.04. The summed E-state index contributed by atoms with van der Waals surface area (Å²) >= 11 is 7.26. The van der Waals surface area contributed by atoms with Crippen molar-refractivity contribution in [3.8, 4) is 0 Å². The first-order chi connectivity index (χ1) is 6.63. The number of carbonyl (C=O) groups is 1. The van der Waals surface area contributed by atoms with Crippen LogP contribution in [0.2, 0.25) is 4.34 Å². The SMILES string of the molecule is COC(=O)[C@H](C)NCc1ccc(Cl)s1. The molecule has 0 bridgehead atoms. The standard InChI is InChI=1S/C9H12ClNO2S/c1-6(9(12)13-2)11-5-7-3-4-8(10)14-7/h3-4,6,11H,5H2,1-2H3/t6-/m0/s1. The van der Waals surface area contributed by atoms with Crippen molar-refractivity contribution >= 4 is 28.9 Å². The normalized spacial score (nSPS) is 12.5.